The molecule has 64 heavy (non-hydrogen) atoms. The molecule has 0 saturated carbocycles. The fourth-order valence-corrected chi connectivity index (χ4v) is 7.11. The van der Waals surface area contributed by atoms with E-state index in [1.807, 2.05) is 0 Å². The first-order valence-corrected chi connectivity index (χ1v) is 26.6. The minimum atomic E-state index is -0.808. The molecule has 6 nitrogen and oxygen atoms in total. The summed E-state index contributed by atoms with van der Waals surface area (Å²) < 4.78 is 16.7. The van der Waals surface area contributed by atoms with E-state index in [4.69, 9.17) is 14.2 Å². The molecule has 0 N–H and O–H groups in total. The highest BCUT2D eigenvalue weighted by Gasteiger charge is 2.19. The van der Waals surface area contributed by atoms with E-state index in [9.17, 15) is 14.4 Å². The van der Waals surface area contributed by atoms with Gasteiger partial charge in [-0.1, -0.05) is 202 Å². The largest absolute Gasteiger partial charge is 0.462 e. The number of carbonyl (C=O) groups is 3. The second kappa shape index (κ2) is 52.2. The van der Waals surface area contributed by atoms with Crippen LogP contribution in [0.4, 0.5) is 0 Å². The zero-order chi connectivity index (χ0) is 46.5. The van der Waals surface area contributed by atoms with Crippen LogP contribution >= 0.6 is 0 Å². The molecule has 0 fully saturated rings. The maximum Gasteiger partial charge on any atom is 0.306 e. The first-order valence-electron chi connectivity index (χ1n) is 26.6. The average Bonchev–Trinajstić information content (AvgIpc) is 3.29. The van der Waals surface area contributed by atoms with Crippen molar-refractivity contribution >= 4 is 17.9 Å². The Morgan fingerprint density at radius 2 is 0.625 bits per heavy atom. The van der Waals surface area contributed by atoms with Gasteiger partial charge in [-0.05, 0) is 109 Å². The molecule has 0 amide bonds. The fraction of sp³-hybridized carbons (Fsp3) is 0.707. The number of hydrogen-bond donors (Lipinski definition) is 0. The van der Waals surface area contributed by atoms with Crippen LogP contribution < -0.4 is 0 Å². The van der Waals surface area contributed by atoms with Crippen molar-refractivity contribution < 1.29 is 28.6 Å². The predicted molar refractivity (Wildman–Crippen MR) is 274 cm³/mol. The maximum absolute atomic E-state index is 12.8. The second-order valence-corrected chi connectivity index (χ2v) is 17.4. The predicted octanol–water partition coefficient (Wildman–Crippen LogP) is 17.6. The molecule has 1 unspecified atom stereocenters. The van der Waals surface area contributed by atoms with E-state index in [2.05, 4.69) is 106 Å². The highest BCUT2D eigenvalue weighted by molar-refractivity contribution is 5.71. The molecule has 0 aliphatic heterocycles. The van der Waals surface area contributed by atoms with Crippen LogP contribution in [0.25, 0.3) is 0 Å². The summed E-state index contributed by atoms with van der Waals surface area (Å²) in [5, 5.41) is 0. The van der Waals surface area contributed by atoms with E-state index in [0.717, 1.165) is 89.9 Å². The lowest BCUT2D eigenvalue weighted by molar-refractivity contribution is -0.167. The van der Waals surface area contributed by atoms with E-state index in [1.165, 1.54) is 109 Å². The minimum absolute atomic E-state index is 0.106. The van der Waals surface area contributed by atoms with E-state index in [0.29, 0.717) is 19.3 Å². The molecule has 0 aliphatic rings. The van der Waals surface area contributed by atoms with Crippen molar-refractivity contribution in [2.24, 2.45) is 0 Å². The Morgan fingerprint density at radius 3 is 1.05 bits per heavy atom. The molecular weight excluding hydrogens is 793 g/mol. The van der Waals surface area contributed by atoms with Crippen molar-refractivity contribution in [1.82, 2.24) is 0 Å². The normalized spacial score (nSPS) is 12.7. The van der Waals surface area contributed by atoms with Gasteiger partial charge in [0.2, 0.25) is 0 Å². The number of hydrogen-bond acceptors (Lipinski definition) is 6. The van der Waals surface area contributed by atoms with Crippen molar-refractivity contribution in [3.8, 4) is 0 Å². The molecule has 0 saturated heterocycles. The SMILES string of the molecule is CC/C=C\C/C=C\C/C=C\CCCCCCC(=O)OCC(COC(=O)CCC/C=C\C/C=C\C/C=C\CCCCCCCC)OC(=O)CCCCCCCCC/C=C\CCCCCC. The lowest BCUT2D eigenvalue weighted by atomic mass is 10.1. The molecule has 0 bridgehead atoms. The average molecular weight is 891 g/mol. The van der Waals surface area contributed by atoms with Crippen LogP contribution in [0.3, 0.4) is 0 Å². The van der Waals surface area contributed by atoms with Gasteiger partial charge in [0.25, 0.3) is 0 Å². The van der Waals surface area contributed by atoms with Crippen LogP contribution in [-0.2, 0) is 28.6 Å². The van der Waals surface area contributed by atoms with Crippen LogP contribution in [-0.4, -0.2) is 37.2 Å². The van der Waals surface area contributed by atoms with Crippen molar-refractivity contribution in [3.63, 3.8) is 0 Å². The van der Waals surface area contributed by atoms with Gasteiger partial charge in [0, 0.05) is 19.3 Å². The van der Waals surface area contributed by atoms with Gasteiger partial charge in [-0.15, -0.1) is 0 Å². The third-order valence-corrected chi connectivity index (χ3v) is 11.1. The summed E-state index contributed by atoms with van der Waals surface area (Å²) in [6, 6.07) is 0. The highest BCUT2D eigenvalue weighted by atomic mass is 16.6. The summed E-state index contributed by atoms with van der Waals surface area (Å²) in [5.74, 6) is -0.984. The van der Waals surface area contributed by atoms with Crippen molar-refractivity contribution in [1.29, 1.82) is 0 Å². The molecule has 0 aliphatic carbocycles. The number of carbonyl (C=O) groups excluding carboxylic acids is 3. The molecule has 0 spiro atoms. The summed E-state index contributed by atoms with van der Waals surface area (Å²) in [5.41, 5.74) is 0. The van der Waals surface area contributed by atoms with Gasteiger partial charge in [0.05, 0.1) is 0 Å². The van der Waals surface area contributed by atoms with E-state index < -0.39 is 6.10 Å². The Balaban J connectivity index is 4.50. The van der Waals surface area contributed by atoms with Gasteiger partial charge < -0.3 is 14.2 Å². The summed E-state index contributed by atoms with van der Waals surface area (Å²) in [6.45, 7) is 6.44. The van der Waals surface area contributed by atoms with E-state index >= 15 is 0 Å². The number of rotatable bonds is 47. The van der Waals surface area contributed by atoms with Crippen LogP contribution in [0.15, 0.2) is 85.1 Å². The maximum atomic E-state index is 12.8. The van der Waals surface area contributed by atoms with Gasteiger partial charge in [0.1, 0.15) is 13.2 Å². The molecule has 0 radical (unpaired) electrons. The standard InChI is InChI=1S/C58H98O6/c1-4-7-10-13-16-19-22-25-28-29-31-33-36-39-42-45-48-51-57(60)63-54-55(53-62-56(59)50-47-44-41-38-35-32-27-24-21-18-15-12-9-6-3)64-58(61)52-49-46-43-40-37-34-30-26-23-20-17-14-11-8-5-2/h9,12,18,20-21,23,25,27-28,31-33,39,42,55H,4-8,10-11,13-17,19,22,24,26,29-30,34-38,40-41,43-54H2,1-3H3/b12-9-,21-18-,23-20-,28-25-,32-27-,33-31-,42-39-. The summed E-state index contributed by atoms with van der Waals surface area (Å²) >= 11 is 0. The molecule has 366 valence electrons. The lowest BCUT2D eigenvalue weighted by Crippen LogP contribution is -2.30. The third kappa shape index (κ3) is 49.6. The molecule has 0 aromatic rings. The zero-order valence-corrected chi connectivity index (χ0v) is 41.8. The number of unbranched alkanes of at least 4 members (excludes halogenated alkanes) is 22. The van der Waals surface area contributed by atoms with Crippen molar-refractivity contribution in [2.45, 2.75) is 252 Å². The third-order valence-electron chi connectivity index (χ3n) is 11.1. The van der Waals surface area contributed by atoms with Crippen LogP contribution in [0, 0.1) is 0 Å². The number of allylic oxidation sites excluding steroid dienone is 14. The highest BCUT2D eigenvalue weighted by Crippen LogP contribution is 2.13. The van der Waals surface area contributed by atoms with Gasteiger partial charge in [-0.3, -0.25) is 14.4 Å². The van der Waals surface area contributed by atoms with E-state index in [1.54, 1.807) is 0 Å². The Kier molecular flexibility index (Phi) is 49.4. The Bertz CT molecular complexity index is 1250. The smallest absolute Gasteiger partial charge is 0.306 e. The quantitative estimate of drug-likeness (QED) is 0.0262. The second-order valence-electron chi connectivity index (χ2n) is 17.4. The topological polar surface area (TPSA) is 78.9 Å². The van der Waals surface area contributed by atoms with Crippen LogP contribution in [0.2, 0.25) is 0 Å². The molecular formula is C58H98O6. The summed E-state index contributed by atoms with van der Waals surface area (Å²) in [6.07, 6.45) is 67.1. The first-order chi connectivity index (χ1) is 31.5. The van der Waals surface area contributed by atoms with E-state index in [-0.39, 0.29) is 37.5 Å². The summed E-state index contributed by atoms with van der Waals surface area (Å²) in [7, 11) is 0. The Hall–Kier alpha value is -3.41. The minimum Gasteiger partial charge on any atom is -0.462 e. The number of ether oxygens (including phenoxy) is 3. The molecule has 0 aromatic heterocycles. The van der Waals surface area contributed by atoms with Gasteiger partial charge >= 0.3 is 17.9 Å². The first kappa shape index (κ1) is 60.6. The van der Waals surface area contributed by atoms with Crippen LogP contribution in [0.5, 0.6) is 0 Å². The van der Waals surface area contributed by atoms with Gasteiger partial charge in [0.15, 0.2) is 6.10 Å². The molecule has 0 aromatic carbocycles. The Morgan fingerprint density at radius 1 is 0.328 bits per heavy atom. The van der Waals surface area contributed by atoms with Crippen molar-refractivity contribution in [3.05, 3.63) is 85.1 Å². The van der Waals surface area contributed by atoms with Crippen molar-refractivity contribution in [2.75, 3.05) is 13.2 Å². The number of esters is 3. The monoisotopic (exact) mass is 891 g/mol. The molecule has 0 heterocycles. The lowest BCUT2D eigenvalue weighted by Gasteiger charge is -2.18. The zero-order valence-electron chi connectivity index (χ0n) is 41.8. The van der Waals surface area contributed by atoms with Gasteiger partial charge in [-0.2, -0.15) is 0 Å². The Labute approximate surface area is 395 Å². The van der Waals surface area contributed by atoms with Crippen LogP contribution in [0.1, 0.15) is 245 Å². The van der Waals surface area contributed by atoms with Gasteiger partial charge in [-0.25, -0.2) is 0 Å². The molecule has 1 atom stereocenters. The summed E-state index contributed by atoms with van der Waals surface area (Å²) in [4.78, 5) is 38.0. The molecule has 0 rings (SSSR count). The fourth-order valence-electron chi connectivity index (χ4n) is 7.11. The molecule has 6 heteroatoms.